The highest BCUT2D eigenvalue weighted by atomic mass is 16.5. The molecule has 0 aliphatic carbocycles. The van der Waals surface area contributed by atoms with Crippen LogP contribution in [0.1, 0.15) is 30.0 Å². The summed E-state index contributed by atoms with van der Waals surface area (Å²) in [6, 6.07) is 14.1. The van der Waals surface area contributed by atoms with Gasteiger partial charge in [0.25, 0.3) is 0 Å². The van der Waals surface area contributed by atoms with Gasteiger partial charge in [-0.2, -0.15) is 0 Å². The third-order valence-corrected chi connectivity index (χ3v) is 4.85. The number of carbonyl (C=O) groups is 2. The molecular weight excluding hydrogens is 346 g/mol. The molecule has 27 heavy (non-hydrogen) atoms. The predicted octanol–water partition coefficient (Wildman–Crippen LogP) is 2.96. The lowest BCUT2D eigenvalue weighted by molar-refractivity contribution is -0.150. The number of likely N-dealkylation sites (tertiary alicyclic amines) is 1. The molecule has 2 atom stereocenters. The molecule has 0 N–H and O–H groups in total. The highest BCUT2D eigenvalue weighted by molar-refractivity contribution is 5.89. The molecule has 2 aromatic rings. The number of carbonyl (C=O) groups excluding carboxylic acids is 2. The molecular formula is C21H23NO5. The highest BCUT2D eigenvalue weighted by Gasteiger charge is 2.42. The van der Waals surface area contributed by atoms with Crippen molar-refractivity contribution < 1.29 is 23.8 Å². The molecule has 1 aliphatic heterocycles. The first kappa shape index (κ1) is 18.8. The molecule has 1 amide bonds. The Labute approximate surface area is 158 Å². The van der Waals surface area contributed by atoms with Crippen LogP contribution in [0, 0.1) is 0 Å². The normalized spacial score (nSPS) is 17.5. The largest absolute Gasteiger partial charge is 0.493 e. The maximum Gasteiger partial charge on any atom is 0.328 e. The van der Waals surface area contributed by atoms with Gasteiger partial charge in [-0.15, -0.1) is 0 Å². The van der Waals surface area contributed by atoms with Crippen LogP contribution in [0.3, 0.4) is 0 Å². The van der Waals surface area contributed by atoms with E-state index in [9.17, 15) is 9.59 Å². The van der Waals surface area contributed by atoms with E-state index >= 15 is 0 Å². The smallest absolute Gasteiger partial charge is 0.328 e. The van der Waals surface area contributed by atoms with E-state index in [2.05, 4.69) is 0 Å². The highest BCUT2D eigenvalue weighted by Crippen LogP contribution is 2.39. The van der Waals surface area contributed by atoms with Gasteiger partial charge in [-0.1, -0.05) is 36.4 Å². The molecule has 1 fully saturated rings. The zero-order chi connectivity index (χ0) is 19.4. The number of rotatable bonds is 6. The molecule has 6 nitrogen and oxygen atoms in total. The molecule has 6 heteroatoms. The molecule has 1 aliphatic rings. The van der Waals surface area contributed by atoms with E-state index in [1.807, 2.05) is 42.5 Å². The van der Waals surface area contributed by atoms with E-state index in [1.54, 1.807) is 25.2 Å². The van der Waals surface area contributed by atoms with Gasteiger partial charge in [-0.25, -0.2) is 4.79 Å². The Bertz CT molecular complexity index is 821. The van der Waals surface area contributed by atoms with Crippen LogP contribution in [0.15, 0.2) is 48.5 Å². The number of hydrogen-bond donors (Lipinski definition) is 0. The first-order valence-electron chi connectivity index (χ1n) is 8.76. The Balaban J connectivity index is 2.12. The minimum atomic E-state index is -0.610. The van der Waals surface area contributed by atoms with E-state index in [1.165, 1.54) is 7.11 Å². The number of methoxy groups -OCH3 is 3. The SMILES string of the molecule is COC(=O)[C@@H]1CCC(=O)N1C(c1ccccc1)c1ccc(OC)c(OC)c1. The summed E-state index contributed by atoms with van der Waals surface area (Å²) in [4.78, 5) is 26.7. The van der Waals surface area contributed by atoms with E-state index in [-0.39, 0.29) is 5.91 Å². The lowest BCUT2D eigenvalue weighted by Gasteiger charge is -2.33. The van der Waals surface area contributed by atoms with Crippen molar-refractivity contribution in [2.24, 2.45) is 0 Å². The van der Waals surface area contributed by atoms with E-state index in [4.69, 9.17) is 14.2 Å². The van der Waals surface area contributed by atoms with Crippen LogP contribution in [-0.4, -0.2) is 44.1 Å². The van der Waals surface area contributed by atoms with Crippen molar-refractivity contribution >= 4 is 11.9 Å². The summed E-state index contributed by atoms with van der Waals surface area (Å²) in [5.41, 5.74) is 1.75. The third-order valence-electron chi connectivity index (χ3n) is 4.85. The molecule has 1 saturated heterocycles. The van der Waals surface area contributed by atoms with Crippen molar-refractivity contribution in [1.29, 1.82) is 0 Å². The second-order valence-electron chi connectivity index (χ2n) is 6.31. The second kappa shape index (κ2) is 8.12. The van der Waals surface area contributed by atoms with Gasteiger partial charge in [-0.3, -0.25) is 4.79 Å². The van der Waals surface area contributed by atoms with Crippen molar-refractivity contribution in [1.82, 2.24) is 4.90 Å². The lowest BCUT2D eigenvalue weighted by Crippen LogP contribution is -2.42. The molecule has 142 valence electrons. The van der Waals surface area contributed by atoms with Gasteiger partial charge < -0.3 is 19.1 Å². The van der Waals surface area contributed by atoms with E-state index in [0.29, 0.717) is 24.3 Å². The number of amides is 1. The Morgan fingerprint density at radius 1 is 1.00 bits per heavy atom. The summed E-state index contributed by atoms with van der Waals surface area (Å²) in [7, 11) is 4.48. The predicted molar refractivity (Wildman–Crippen MR) is 99.7 cm³/mol. The molecule has 0 saturated carbocycles. The molecule has 2 aromatic carbocycles. The third kappa shape index (κ3) is 3.60. The number of benzene rings is 2. The van der Waals surface area contributed by atoms with Gasteiger partial charge in [0, 0.05) is 6.42 Å². The Morgan fingerprint density at radius 3 is 2.33 bits per heavy atom. The number of hydrogen-bond acceptors (Lipinski definition) is 5. The molecule has 0 radical (unpaired) electrons. The minimum Gasteiger partial charge on any atom is -0.493 e. The van der Waals surface area contributed by atoms with E-state index < -0.39 is 18.1 Å². The summed E-state index contributed by atoms with van der Waals surface area (Å²) < 4.78 is 15.7. The summed E-state index contributed by atoms with van der Waals surface area (Å²) in [6.07, 6.45) is 0.762. The van der Waals surface area contributed by atoms with Crippen LogP contribution in [0.25, 0.3) is 0 Å². The van der Waals surface area contributed by atoms with Gasteiger partial charge in [0.15, 0.2) is 11.5 Å². The van der Waals surface area contributed by atoms with Gasteiger partial charge >= 0.3 is 5.97 Å². The lowest BCUT2D eigenvalue weighted by atomic mass is 9.95. The van der Waals surface area contributed by atoms with Crippen LogP contribution >= 0.6 is 0 Å². The van der Waals surface area contributed by atoms with Crippen molar-refractivity contribution in [2.45, 2.75) is 24.9 Å². The minimum absolute atomic E-state index is 0.0750. The number of nitrogens with zero attached hydrogens (tertiary/aromatic N) is 1. The molecule has 0 aromatic heterocycles. The summed E-state index contributed by atoms with van der Waals surface area (Å²) in [5.74, 6) is 0.693. The zero-order valence-corrected chi connectivity index (χ0v) is 15.7. The monoisotopic (exact) mass is 369 g/mol. The van der Waals surface area contributed by atoms with Crippen LogP contribution in [0.4, 0.5) is 0 Å². The maximum atomic E-state index is 12.7. The van der Waals surface area contributed by atoms with Crippen LogP contribution in [-0.2, 0) is 14.3 Å². The summed E-state index contributed by atoms with van der Waals surface area (Å²) in [5, 5.41) is 0. The van der Waals surface area contributed by atoms with Gasteiger partial charge in [0.05, 0.1) is 27.4 Å². The first-order valence-corrected chi connectivity index (χ1v) is 8.76. The summed E-state index contributed by atoms with van der Waals surface area (Å²) >= 11 is 0. The molecule has 3 rings (SSSR count). The fraction of sp³-hybridized carbons (Fsp3) is 0.333. The fourth-order valence-corrected chi connectivity index (χ4v) is 3.57. The average Bonchev–Trinajstić information content (AvgIpc) is 3.09. The first-order chi connectivity index (χ1) is 13.1. The molecule has 0 bridgehead atoms. The van der Waals surface area contributed by atoms with Crippen LogP contribution in [0.2, 0.25) is 0 Å². The molecule has 1 unspecified atom stereocenters. The van der Waals surface area contributed by atoms with Crippen molar-refractivity contribution in [3.8, 4) is 11.5 Å². The molecule has 0 spiro atoms. The Hall–Kier alpha value is -3.02. The van der Waals surface area contributed by atoms with Crippen LogP contribution in [0.5, 0.6) is 11.5 Å². The maximum absolute atomic E-state index is 12.7. The van der Waals surface area contributed by atoms with Crippen molar-refractivity contribution in [3.63, 3.8) is 0 Å². The van der Waals surface area contributed by atoms with E-state index in [0.717, 1.165) is 11.1 Å². The number of esters is 1. The quantitative estimate of drug-likeness (QED) is 0.733. The van der Waals surface area contributed by atoms with Crippen molar-refractivity contribution in [3.05, 3.63) is 59.7 Å². The van der Waals surface area contributed by atoms with Crippen LogP contribution < -0.4 is 9.47 Å². The topological polar surface area (TPSA) is 65.1 Å². The zero-order valence-electron chi connectivity index (χ0n) is 15.7. The molecule has 1 heterocycles. The van der Waals surface area contributed by atoms with Gasteiger partial charge in [0.1, 0.15) is 6.04 Å². The van der Waals surface area contributed by atoms with Crippen molar-refractivity contribution in [2.75, 3.05) is 21.3 Å². The standard InChI is InChI=1S/C21H23NO5/c1-25-17-11-9-15(13-18(17)26-2)20(14-7-5-4-6-8-14)22-16(21(24)27-3)10-12-19(22)23/h4-9,11,13,16,20H,10,12H2,1-3H3/t16-,20?/m0/s1. The second-order valence-corrected chi connectivity index (χ2v) is 6.31. The Morgan fingerprint density at radius 2 is 1.70 bits per heavy atom. The number of ether oxygens (including phenoxy) is 3. The average molecular weight is 369 g/mol. The van der Waals surface area contributed by atoms with Gasteiger partial charge in [0.2, 0.25) is 5.91 Å². The summed E-state index contributed by atoms with van der Waals surface area (Å²) in [6.45, 7) is 0. The Kier molecular flexibility index (Phi) is 5.64. The van der Waals surface area contributed by atoms with Gasteiger partial charge in [-0.05, 0) is 29.7 Å². The fourth-order valence-electron chi connectivity index (χ4n) is 3.57.